The molecule has 0 aromatic heterocycles. The first-order chi connectivity index (χ1) is 14.9. The molecule has 0 radical (unpaired) electrons. The van der Waals surface area contributed by atoms with Gasteiger partial charge in [-0.1, -0.05) is 31.8 Å². The van der Waals surface area contributed by atoms with Gasteiger partial charge in [-0.25, -0.2) is 13.2 Å². The van der Waals surface area contributed by atoms with Crippen molar-refractivity contribution in [2.75, 3.05) is 6.54 Å². The van der Waals surface area contributed by atoms with Gasteiger partial charge in [-0.2, -0.15) is 0 Å². The average Bonchev–Trinajstić information content (AvgIpc) is 3.12. The van der Waals surface area contributed by atoms with Gasteiger partial charge < -0.3 is 10.6 Å². The minimum atomic E-state index is -2.76. The van der Waals surface area contributed by atoms with Crippen LogP contribution in [0.15, 0.2) is 18.2 Å². The molecule has 0 spiro atoms. The van der Waals surface area contributed by atoms with E-state index in [1.54, 1.807) is 12.1 Å². The normalized spacial score (nSPS) is 22.3. The first-order valence-corrected chi connectivity index (χ1v) is 14.6. The van der Waals surface area contributed by atoms with E-state index in [4.69, 9.17) is 0 Å². The van der Waals surface area contributed by atoms with Crippen LogP contribution in [0.1, 0.15) is 37.7 Å². The van der Waals surface area contributed by atoms with Crippen LogP contribution in [0.25, 0.3) is 0 Å². The number of ketones is 1. The van der Waals surface area contributed by atoms with Gasteiger partial charge in [0.25, 0.3) is 0 Å². The summed E-state index contributed by atoms with van der Waals surface area (Å²) in [6, 6.07) is 3.87. The maximum Gasteiger partial charge on any atom is 0.248 e. The lowest BCUT2D eigenvalue weighted by Crippen LogP contribution is -2.50. The second kappa shape index (κ2) is 9.37. The molecule has 1 aromatic carbocycles. The molecule has 2 aliphatic rings. The quantitative estimate of drug-likeness (QED) is 0.605. The van der Waals surface area contributed by atoms with Crippen molar-refractivity contribution in [3.05, 3.63) is 29.6 Å². The van der Waals surface area contributed by atoms with Gasteiger partial charge in [-0.3, -0.25) is 14.4 Å². The smallest absolute Gasteiger partial charge is 0.248 e. The van der Waals surface area contributed by atoms with Crippen molar-refractivity contribution in [2.24, 2.45) is 11.8 Å². The highest BCUT2D eigenvalue weighted by Crippen LogP contribution is 2.38. The lowest BCUT2D eigenvalue weighted by atomic mass is 9.79. The molecule has 0 bridgehead atoms. The number of nitrogens with one attached hydrogen (secondary N) is 2. The van der Waals surface area contributed by atoms with Crippen LogP contribution >= 0.6 is 0 Å². The molecule has 32 heavy (non-hydrogen) atoms. The van der Waals surface area contributed by atoms with Crippen LogP contribution in [0.2, 0.25) is 19.6 Å². The fourth-order valence-electron chi connectivity index (χ4n) is 4.51. The largest absolute Gasteiger partial charge is 0.355 e. The fourth-order valence-corrected chi connectivity index (χ4v) is 5.88. The van der Waals surface area contributed by atoms with Crippen LogP contribution in [-0.4, -0.2) is 44.2 Å². The molecule has 1 saturated carbocycles. The van der Waals surface area contributed by atoms with Gasteiger partial charge in [0.2, 0.25) is 17.7 Å². The van der Waals surface area contributed by atoms with E-state index in [0.29, 0.717) is 10.8 Å². The van der Waals surface area contributed by atoms with E-state index in [1.807, 2.05) is 19.6 Å². The van der Waals surface area contributed by atoms with E-state index in [2.05, 4.69) is 10.6 Å². The first-order valence-electron chi connectivity index (χ1n) is 11.1. The summed E-state index contributed by atoms with van der Waals surface area (Å²) in [5.41, 5.74) is 0.493. The molecular weight excluding hydrogens is 437 g/mol. The summed E-state index contributed by atoms with van der Waals surface area (Å²) in [7, 11) is -1.87. The van der Waals surface area contributed by atoms with Gasteiger partial charge in [0.1, 0.15) is 5.82 Å². The van der Waals surface area contributed by atoms with Crippen LogP contribution < -0.4 is 15.8 Å². The fraction of sp³-hybridized carbons (Fsp3) is 0.609. The molecule has 176 valence electrons. The average molecular weight is 469 g/mol. The van der Waals surface area contributed by atoms with Crippen LogP contribution in [-0.2, 0) is 20.8 Å². The molecule has 1 heterocycles. The first kappa shape index (κ1) is 24.5. The third kappa shape index (κ3) is 5.99. The molecule has 5 nitrogen and oxygen atoms in total. The Bertz CT molecular complexity index is 891. The number of amides is 2. The van der Waals surface area contributed by atoms with E-state index < -0.39 is 37.8 Å². The molecule has 1 aliphatic heterocycles. The Labute approximate surface area is 187 Å². The van der Waals surface area contributed by atoms with Crippen LogP contribution in [0, 0.1) is 17.7 Å². The summed E-state index contributed by atoms with van der Waals surface area (Å²) < 4.78 is 41.9. The Hall–Kier alpha value is -2.16. The van der Waals surface area contributed by atoms with Gasteiger partial charge in [0.05, 0.1) is 20.0 Å². The molecule has 1 aliphatic carbocycles. The number of carbonyl (C=O) groups excluding carboxylic acids is 3. The Morgan fingerprint density at radius 3 is 2.41 bits per heavy atom. The standard InChI is InChI=1S/C23H31F3N2O3Si/c1-32(2,3)19-5-4-14(10-17(19)24)11-18(29)21(15-6-8-23(25,26)9-7-15)28-22(31)16-12-20(30)27-13-16/h4-5,10,15-16,21H,6-9,11-13H2,1-3H3,(H,27,30)(H,28,31)/t16-,21?/m0/s1. The molecule has 9 heteroatoms. The van der Waals surface area contributed by atoms with Gasteiger partial charge in [0, 0.05) is 32.2 Å². The van der Waals surface area contributed by atoms with E-state index in [9.17, 15) is 27.6 Å². The number of halogens is 3. The molecule has 2 fully saturated rings. The number of Topliss-reactive ketones (excluding diaryl/α,β-unsaturated/α-hetero) is 1. The highest BCUT2D eigenvalue weighted by molar-refractivity contribution is 6.88. The number of rotatable bonds is 7. The maximum atomic E-state index is 14.6. The summed E-state index contributed by atoms with van der Waals surface area (Å²) in [6.45, 7) is 6.29. The third-order valence-electron chi connectivity index (χ3n) is 6.45. The molecule has 2 amide bonds. The van der Waals surface area contributed by atoms with Crippen molar-refractivity contribution < 1.29 is 27.6 Å². The van der Waals surface area contributed by atoms with Gasteiger partial charge >= 0.3 is 0 Å². The molecule has 3 rings (SSSR count). The van der Waals surface area contributed by atoms with Gasteiger partial charge in [-0.15, -0.1) is 0 Å². The van der Waals surface area contributed by atoms with Crippen LogP contribution in [0.3, 0.4) is 0 Å². The zero-order valence-corrected chi connectivity index (χ0v) is 19.8. The lowest BCUT2D eigenvalue weighted by Gasteiger charge is -2.34. The van der Waals surface area contributed by atoms with Crippen molar-refractivity contribution in [1.29, 1.82) is 0 Å². The topological polar surface area (TPSA) is 75.3 Å². The highest BCUT2D eigenvalue weighted by Gasteiger charge is 2.41. The zero-order valence-electron chi connectivity index (χ0n) is 18.8. The summed E-state index contributed by atoms with van der Waals surface area (Å²) >= 11 is 0. The van der Waals surface area contributed by atoms with Crippen molar-refractivity contribution in [3.8, 4) is 0 Å². The van der Waals surface area contributed by atoms with Crippen molar-refractivity contribution in [1.82, 2.24) is 10.6 Å². The monoisotopic (exact) mass is 468 g/mol. The number of benzene rings is 1. The highest BCUT2D eigenvalue weighted by atomic mass is 28.3. The summed E-state index contributed by atoms with van der Waals surface area (Å²) in [5.74, 6) is -5.10. The van der Waals surface area contributed by atoms with Gasteiger partial charge in [0.15, 0.2) is 5.78 Å². The van der Waals surface area contributed by atoms with E-state index in [1.165, 1.54) is 6.07 Å². The van der Waals surface area contributed by atoms with E-state index >= 15 is 0 Å². The van der Waals surface area contributed by atoms with Crippen molar-refractivity contribution >= 4 is 30.9 Å². The summed E-state index contributed by atoms with van der Waals surface area (Å²) in [6.07, 6.45) is -0.481. The molecule has 1 unspecified atom stereocenters. The minimum Gasteiger partial charge on any atom is -0.355 e. The predicted molar refractivity (Wildman–Crippen MR) is 118 cm³/mol. The Morgan fingerprint density at radius 2 is 1.88 bits per heavy atom. The van der Waals surface area contributed by atoms with Crippen LogP contribution in [0.4, 0.5) is 13.2 Å². The summed E-state index contributed by atoms with van der Waals surface area (Å²) in [4.78, 5) is 37.3. The Morgan fingerprint density at radius 1 is 1.22 bits per heavy atom. The Balaban J connectivity index is 1.76. The number of hydrogen-bond acceptors (Lipinski definition) is 3. The Kier molecular flexibility index (Phi) is 7.17. The zero-order chi connectivity index (χ0) is 23.7. The molecule has 1 saturated heterocycles. The van der Waals surface area contributed by atoms with Crippen molar-refractivity contribution in [2.45, 2.75) is 70.1 Å². The molecular formula is C23H31F3N2O3Si. The van der Waals surface area contributed by atoms with E-state index in [-0.39, 0.29) is 62.6 Å². The number of alkyl halides is 2. The van der Waals surface area contributed by atoms with Gasteiger partial charge in [-0.05, 0) is 35.6 Å². The maximum absolute atomic E-state index is 14.6. The second-order valence-corrected chi connectivity index (χ2v) is 15.1. The lowest BCUT2D eigenvalue weighted by molar-refractivity contribution is -0.132. The molecule has 1 aromatic rings. The van der Waals surface area contributed by atoms with Crippen LogP contribution in [0.5, 0.6) is 0 Å². The summed E-state index contributed by atoms with van der Waals surface area (Å²) in [5, 5.41) is 5.99. The molecule has 2 atom stereocenters. The van der Waals surface area contributed by atoms with E-state index in [0.717, 1.165) is 0 Å². The SMILES string of the molecule is C[Si](C)(C)c1ccc(CC(=O)C(NC(=O)[C@@H]2CNC(=O)C2)C2CCC(F)(F)CC2)cc1F. The molecule has 2 N–H and O–H groups in total. The third-order valence-corrected chi connectivity index (χ3v) is 8.47. The van der Waals surface area contributed by atoms with Crippen molar-refractivity contribution in [3.63, 3.8) is 0 Å². The second-order valence-electron chi connectivity index (χ2n) is 10.1. The number of hydrogen-bond donors (Lipinski definition) is 2. The minimum absolute atomic E-state index is 0.0405. The number of carbonyl (C=O) groups is 3. The predicted octanol–water partition coefficient (Wildman–Crippen LogP) is 2.93.